The quantitative estimate of drug-likeness (QED) is 0.856. The predicted octanol–water partition coefficient (Wildman–Crippen LogP) is 3.68. The van der Waals surface area contributed by atoms with Crippen molar-refractivity contribution in [3.8, 4) is 0 Å². The lowest BCUT2D eigenvalue weighted by Gasteiger charge is -2.21. The van der Waals surface area contributed by atoms with Crippen molar-refractivity contribution in [1.29, 1.82) is 0 Å². The summed E-state index contributed by atoms with van der Waals surface area (Å²) in [6.45, 7) is 6.80. The number of carbonyl (C=O) groups is 1. The maximum atomic E-state index is 12.2. The minimum absolute atomic E-state index is 0.249. The van der Waals surface area contributed by atoms with E-state index in [-0.39, 0.29) is 5.97 Å². The molecular weight excluding hydrogens is 282 g/mol. The van der Waals surface area contributed by atoms with Crippen LogP contribution in [0.3, 0.4) is 0 Å². The Labute approximate surface area is 130 Å². The lowest BCUT2D eigenvalue weighted by Crippen LogP contribution is -2.30. The van der Waals surface area contributed by atoms with E-state index in [0.717, 1.165) is 16.7 Å². The van der Waals surface area contributed by atoms with Crippen LogP contribution in [0.15, 0.2) is 29.6 Å². The zero-order valence-electron chi connectivity index (χ0n) is 12.9. The van der Waals surface area contributed by atoms with Crippen molar-refractivity contribution in [1.82, 2.24) is 5.32 Å². The molecule has 0 saturated heterocycles. The maximum Gasteiger partial charge on any atom is 0.327 e. The summed E-state index contributed by atoms with van der Waals surface area (Å²) < 4.78 is 4.98. The molecule has 1 aromatic carbocycles. The second kappa shape index (κ2) is 6.87. The molecule has 0 spiro atoms. The summed E-state index contributed by atoms with van der Waals surface area (Å²) in [6.07, 6.45) is 0. The Morgan fingerprint density at radius 2 is 1.95 bits per heavy atom. The number of benzene rings is 1. The molecule has 2 rings (SSSR count). The van der Waals surface area contributed by atoms with Crippen LogP contribution in [-0.2, 0) is 16.1 Å². The summed E-state index contributed by atoms with van der Waals surface area (Å²) in [5.74, 6) is -0.249. The fraction of sp³-hybridized carbons (Fsp3) is 0.353. The molecule has 1 atom stereocenters. The Morgan fingerprint density at radius 1 is 1.29 bits per heavy atom. The van der Waals surface area contributed by atoms with Gasteiger partial charge in [-0.05, 0) is 48.9 Å². The summed E-state index contributed by atoms with van der Waals surface area (Å²) in [4.78, 5) is 13.4. The SMILES string of the molecule is COC(=O)C(NCc1cccs1)c1c(C)cc(C)cc1C. The molecule has 112 valence electrons. The number of rotatable bonds is 5. The fourth-order valence-electron chi connectivity index (χ4n) is 2.68. The lowest BCUT2D eigenvalue weighted by molar-refractivity contribution is -0.143. The molecule has 4 heteroatoms. The Morgan fingerprint density at radius 3 is 2.48 bits per heavy atom. The smallest absolute Gasteiger partial charge is 0.327 e. The molecule has 3 nitrogen and oxygen atoms in total. The van der Waals surface area contributed by atoms with Gasteiger partial charge in [0, 0.05) is 11.4 Å². The first-order valence-electron chi connectivity index (χ1n) is 6.94. The highest BCUT2D eigenvalue weighted by molar-refractivity contribution is 7.09. The summed E-state index contributed by atoms with van der Waals surface area (Å²) in [5.41, 5.74) is 4.45. The highest BCUT2D eigenvalue weighted by Crippen LogP contribution is 2.25. The number of thiophene rings is 1. The van der Waals surface area contributed by atoms with Crippen LogP contribution >= 0.6 is 11.3 Å². The zero-order chi connectivity index (χ0) is 15.4. The molecular formula is C17H21NO2S. The van der Waals surface area contributed by atoms with E-state index < -0.39 is 6.04 Å². The lowest BCUT2D eigenvalue weighted by atomic mass is 9.94. The molecule has 0 fully saturated rings. The number of ether oxygens (including phenoxy) is 1. The van der Waals surface area contributed by atoms with Gasteiger partial charge in [0.25, 0.3) is 0 Å². The summed E-state index contributed by atoms with van der Waals surface area (Å²) in [7, 11) is 1.43. The van der Waals surface area contributed by atoms with Crippen LogP contribution < -0.4 is 5.32 Å². The molecule has 0 radical (unpaired) electrons. The van der Waals surface area contributed by atoms with E-state index in [1.54, 1.807) is 11.3 Å². The van der Waals surface area contributed by atoms with E-state index in [4.69, 9.17) is 4.74 Å². The number of nitrogens with one attached hydrogen (secondary N) is 1. The Hall–Kier alpha value is -1.65. The van der Waals surface area contributed by atoms with Gasteiger partial charge in [-0.25, -0.2) is 4.79 Å². The van der Waals surface area contributed by atoms with Gasteiger partial charge in [0.2, 0.25) is 0 Å². The third-order valence-corrected chi connectivity index (χ3v) is 4.40. The number of hydrogen-bond donors (Lipinski definition) is 1. The molecule has 0 aliphatic carbocycles. The van der Waals surface area contributed by atoms with Crippen molar-refractivity contribution in [3.05, 3.63) is 56.8 Å². The van der Waals surface area contributed by atoms with Crippen molar-refractivity contribution in [3.63, 3.8) is 0 Å². The number of esters is 1. The zero-order valence-corrected chi connectivity index (χ0v) is 13.7. The monoisotopic (exact) mass is 303 g/mol. The molecule has 1 aromatic heterocycles. The van der Waals surface area contributed by atoms with E-state index in [1.807, 2.05) is 25.3 Å². The minimum Gasteiger partial charge on any atom is -0.468 e. The van der Waals surface area contributed by atoms with Gasteiger partial charge in [0.1, 0.15) is 6.04 Å². The average Bonchev–Trinajstić information content (AvgIpc) is 2.93. The largest absolute Gasteiger partial charge is 0.468 e. The number of methoxy groups -OCH3 is 1. The molecule has 2 aromatic rings. The van der Waals surface area contributed by atoms with Crippen molar-refractivity contribution in [2.75, 3.05) is 7.11 Å². The topological polar surface area (TPSA) is 38.3 Å². The minimum atomic E-state index is -0.433. The van der Waals surface area contributed by atoms with Crippen molar-refractivity contribution in [2.45, 2.75) is 33.4 Å². The standard InChI is InChI=1S/C17H21NO2S/c1-11-8-12(2)15(13(3)9-11)16(17(19)20-4)18-10-14-6-5-7-21-14/h5-9,16,18H,10H2,1-4H3. The van der Waals surface area contributed by atoms with Gasteiger partial charge in [-0.15, -0.1) is 11.3 Å². The van der Waals surface area contributed by atoms with Crippen molar-refractivity contribution >= 4 is 17.3 Å². The highest BCUT2D eigenvalue weighted by atomic mass is 32.1. The second-order valence-corrected chi connectivity index (χ2v) is 6.26. The fourth-order valence-corrected chi connectivity index (χ4v) is 3.34. The molecule has 0 amide bonds. The molecule has 0 bridgehead atoms. The third-order valence-electron chi connectivity index (χ3n) is 3.52. The molecule has 0 saturated carbocycles. The number of aryl methyl sites for hydroxylation is 3. The Kier molecular flexibility index (Phi) is 5.15. The molecule has 0 aliphatic rings. The van der Waals surface area contributed by atoms with E-state index in [0.29, 0.717) is 6.54 Å². The summed E-state index contributed by atoms with van der Waals surface area (Å²) in [6, 6.07) is 7.84. The highest BCUT2D eigenvalue weighted by Gasteiger charge is 2.24. The van der Waals surface area contributed by atoms with Crippen LogP contribution in [0.1, 0.15) is 33.2 Å². The number of hydrogen-bond acceptors (Lipinski definition) is 4. The van der Waals surface area contributed by atoms with Crippen LogP contribution in [0.4, 0.5) is 0 Å². The van der Waals surface area contributed by atoms with Gasteiger partial charge in [0.05, 0.1) is 7.11 Å². The molecule has 1 heterocycles. The predicted molar refractivity (Wildman–Crippen MR) is 86.6 cm³/mol. The molecule has 0 aliphatic heterocycles. The van der Waals surface area contributed by atoms with Gasteiger partial charge in [-0.2, -0.15) is 0 Å². The van der Waals surface area contributed by atoms with E-state index in [1.165, 1.54) is 17.6 Å². The summed E-state index contributed by atoms with van der Waals surface area (Å²) in [5, 5.41) is 5.36. The van der Waals surface area contributed by atoms with E-state index in [9.17, 15) is 4.79 Å². The van der Waals surface area contributed by atoms with Gasteiger partial charge >= 0.3 is 5.97 Å². The second-order valence-electron chi connectivity index (χ2n) is 5.23. The molecule has 1 N–H and O–H groups in total. The van der Waals surface area contributed by atoms with Crippen LogP contribution in [-0.4, -0.2) is 13.1 Å². The number of carbonyl (C=O) groups excluding carboxylic acids is 1. The first kappa shape index (κ1) is 15.7. The average molecular weight is 303 g/mol. The van der Waals surface area contributed by atoms with Crippen LogP contribution in [0, 0.1) is 20.8 Å². The normalized spacial score (nSPS) is 12.2. The van der Waals surface area contributed by atoms with Crippen LogP contribution in [0.5, 0.6) is 0 Å². The van der Waals surface area contributed by atoms with Gasteiger partial charge < -0.3 is 4.74 Å². The van der Waals surface area contributed by atoms with Crippen molar-refractivity contribution < 1.29 is 9.53 Å². The Bertz CT molecular complexity index is 597. The van der Waals surface area contributed by atoms with Crippen molar-refractivity contribution in [2.24, 2.45) is 0 Å². The summed E-state index contributed by atoms with van der Waals surface area (Å²) >= 11 is 1.68. The molecule has 1 unspecified atom stereocenters. The first-order chi connectivity index (χ1) is 10.0. The van der Waals surface area contributed by atoms with Gasteiger partial charge in [0.15, 0.2) is 0 Å². The molecule has 21 heavy (non-hydrogen) atoms. The van der Waals surface area contributed by atoms with E-state index in [2.05, 4.69) is 30.4 Å². The van der Waals surface area contributed by atoms with E-state index >= 15 is 0 Å². The van der Waals surface area contributed by atoms with Gasteiger partial charge in [-0.1, -0.05) is 23.8 Å². The third kappa shape index (κ3) is 3.71. The van der Waals surface area contributed by atoms with Crippen LogP contribution in [0.25, 0.3) is 0 Å². The van der Waals surface area contributed by atoms with Gasteiger partial charge in [-0.3, -0.25) is 5.32 Å². The first-order valence-corrected chi connectivity index (χ1v) is 7.82. The van der Waals surface area contributed by atoms with Crippen LogP contribution in [0.2, 0.25) is 0 Å². The maximum absolute atomic E-state index is 12.2. The Balaban J connectivity index is 2.30.